The molecule has 2 N–H and O–H groups in total. The summed E-state index contributed by atoms with van der Waals surface area (Å²) in [5, 5.41) is 15.6. The number of nitrogen functional groups attached to an aromatic ring is 1. The Morgan fingerprint density at radius 2 is 2.00 bits per heavy atom. The van der Waals surface area contributed by atoms with Crippen molar-refractivity contribution in [2.24, 2.45) is 0 Å². The van der Waals surface area contributed by atoms with E-state index in [1.807, 2.05) is 45.9 Å². The topological polar surface area (TPSA) is 87.0 Å². The molecule has 1 aromatic heterocycles. The van der Waals surface area contributed by atoms with Crippen LogP contribution in [0.2, 0.25) is 0 Å². The molecule has 0 saturated carbocycles. The normalized spacial score (nSPS) is 11.1. The Morgan fingerprint density at radius 3 is 2.50 bits per heavy atom. The molecular weight excluding hydrogens is 256 g/mol. The maximum absolute atomic E-state index is 11.2. The molecule has 0 atom stereocenters. The predicted molar refractivity (Wildman–Crippen MR) is 78.2 cm³/mol. The molecule has 0 saturated heterocycles. The van der Waals surface area contributed by atoms with E-state index in [-0.39, 0.29) is 17.4 Å². The predicted octanol–water partition coefficient (Wildman–Crippen LogP) is 3.10. The molecule has 2 rings (SSSR count). The van der Waals surface area contributed by atoms with Crippen molar-refractivity contribution in [3.63, 3.8) is 0 Å². The van der Waals surface area contributed by atoms with E-state index >= 15 is 0 Å². The number of hydrogen-bond acceptors (Lipinski definition) is 4. The molecule has 1 aromatic carbocycles. The van der Waals surface area contributed by atoms with E-state index in [1.165, 1.54) is 4.68 Å². The van der Waals surface area contributed by atoms with E-state index in [9.17, 15) is 10.1 Å². The summed E-state index contributed by atoms with van der Waals surface area (Å²) in [5.74, 6) is 0.0106. The van der Waals surface area contributed by atoms with Crippen molar-refractivity contribution in [1.29, 1.82) is 0 Å². The van der Waals surface area contributed by atoms with Crippen LogP contribution in [0.25, 0.3) is 5.69 Å². The SMILES string of the molecule is Cc1ccc(C)c(-n2nc(C(C)C)c([N+](=O)[O-])c2N)c1. The monoisotopic (exact) mass is 274 g/mol. The zero-order chi connectivity index (χ0) is 15.0. The molecule has 0 amide bonds. The van der Waals surface area contributed by atoms with Gasteiger partial charge in [0.05, 0.1) is 10.6 Å². The van der Waals surface area contributed by atoms with Gasteiger partial charge in [-0.25, -0.2) is 4.68 Å². The van der Waals surface area contributed by atoms with Gasteiger partial charge in [-0.05, 0) is 31.0 Å². The summed E-state index contributed by atoms with van der Waals surface area (Å²) in [7, 11) is 0. The van der Waals surface area contributed by atoms with E-state index in [0.717, 1.165) is 16.8 Å². The second kappa shape index (κ2) is 4.96. The number of aryl methyl sites for hydroxylation is 2. The molecule has 2 aromatic rings. The van der Waals surface area contributed by atoms with Crippen LogP contribution in [0, 0.1) is 24.0 Å². The lowest BCUT2D eigenvalue weighted by molar-refractivity contribution is -0.384. The number of hydrogen-bond donors (Lipinski definition) is 1. The zero-order valence-electron chi connectivity index (χ0n) is 12.0. The third-order valence-electron chi connectivity index (χ3n) is 3.24. The fourth-order valence-electron chi connectivity index (χ4n) is 2.15. The molecule has 0 spiro atoms. The highest BCUT2D eigenvalue weighted by molar-refractivity contribution is 5.62. The van der Waals surface area contributed by atoms with E-state index in [4.69, 9.17) is 5.73 Å². The van der Waals surface area contributed by atoms with Gasteiger partial charge >= 0.3 is 5.69 Å². The van der Waals surface area contributed by atoms with E-state index in [2.05, 4.69) is 5.10 Å². The first-order valence-electron chi connectivity index (χ1n) is 6.43. The average Bonchev–Trinajstić information content (AvgIpc) is 2.70. The number of nitrogens with zero attached hydrogens (tertiary/aromatic N) is 3. The minimum Gasteiger partial charge on any atom is -0.378 e. The molecule has 6 nitrogen and oxygen atoms in total. The van der Waals surface area contributed by atoms with E-state index in [0.29, 0.717) is 5.69 Å². The van der Waals surface area contributed by atoms with Crippen LogP contribution in [0.1, 0.15) is 36.6 Å². The minimum atomic E-state index is -0.459. The summed E-state index contributed by atoms with van der Waals surface area (Å²) in [6.45, 7) is 7.61. The van der Waals surface area contributed by atoms with Gasteiger partial charge in [-0.3, -0.25) is 10.1 Å². The highest BCUT2D eigenvalue weighted by Gasteiger charge is 2.28. The first-order valence-corrected chi connectivity index (χ1v) is 6.43. The maximum Gasteiger partial charge on any atom is 0.334 e. The molecule has 0 aliphatic heterocycles. The van der Waals surface area contributed by atoms with Crippen LogP contribution in [0.15, 0.2) is 18.2 Å². The number of nitrogens with two attached hydrogens (primary N) is 1. The average molecular weight is 274 g/mol. The quantitative estimate of drug-likeness (QED) is 0.688. The number of benzene rings is 1. The Labute approximate surface area is 117 Å². The highest BCUT2D eigenvalue weighted by Crippen LogP contribution is 2.33. The molecule has 0 aliphatic rings. The number of nitro groups is 1. The van der Waals surface area contributed by atoms with E-state index in [1.54, 1.807) is 0 Å². The largest absolute Gasteiger partial charge is 0.378 e. The van der Waals surface area contributed by atoms with Crippen molar-refractivity contribution in [1.82, 2.24) is 9.78 Å². The smallest absolute Gasteiger partial charge is 0.334 e. The van der Waals surface area contributed by atoms with Crippen LogP contribution in [0.5, 0.6) is 0 Å². The first kappa shape index (κ1) is 14.0. The van der Waals surface area contributed by atoms with Gasteiger partial charge in [0.2, 0.25) is 5.82 Å². The van der Waals surface area contributed by atoms with Crippen LogP contribution in [0.4, 0.5) is 11.5 Å². The number of aromatic nitrogens is 2. The van der Waals surface area contributed by atoms with Crippen LogP contribution in [-0.2, 0) is 0 Å². The molecule has 106 valence electrons. The Hall–Kier alpha value is -2.37. The van der Waals surface area contributed by atoms with Crippen molar-refractivity contribution in [3.05, 3.63) is 45.1 Å². The minimum absolute atomic E-state index is 0.0657. The number of rotatable bonds is 3. The van der Waals surface area contributed by atoms with Gasteiger partial charge in [-0.2, -0.15) is 5.10 Å². The van der Waals surface area contributed by atoms with Crippen LogP contribution in [-0.4, -0.2) is 14.7 Å². The summed E-state index contributed by atoms with van der Waals surface area (Å²) in [6, 6.07) is 5.86. The highest BCUT2D eigenvalue weighted by atomic mass is 16.6. The van der Waals surface area contributed by atoms with Gasteiger partial charge in [0.1, 0.15) is 5.69 Å². The molecule has 0 unspecified atom stereocenters. The summed E-state index contributed by atoms with van der Waals surface area (Å²) >= 11 is 0. The molecule has 0 fully saturated rings. The van der Waals surface area contributed by atoms with Gasteiger partial charge in [0, 0.05) is 5.92 Å². The lowest BCUT2D eigenvalue weighted by Gasteiger charge is -2.08. The van der Waals surface area contributed by atoms with Crippen molar-refractivity contribution in [3.8, 4) is 5.69 Å². The zero-order valence-corrected chi connectivity index (χ0v) is 12.0. The summed E-state index contributed by atoms with van der Waals surface area (Å²) in [5.41, 5.74) is 9.06. The van der Waals surface area contributed by atoms with Crippen LogP contribution < -0.4 is 5.73 Å². The maximum atomic E-state index is 11.2. The Kier molecular flexibility index (Phi) is 3.48. The van der Waals surface area contributed by atoms with Crippen molar-refractivity contribution in [2.45, 2.75) is 33.6 Å². The summed E-state index contributed by atoms with van der Waals surface area (Å²) in [6.07, 6.45) is 0. The number of anilines is 1. The van der Waals surface area contributed by atoms with E-state index < -0.39 is 4.92 Å². The summed E-state index contributed by atoms with van der Waals surface area (Å²) < 4.78 is 1.47. The second-order valence-corrected chi connectivity index (χ2v) is 5.23. The lowest BCUT2D eigenvalue weighted by atomic mass is 10.1. The molecule has 6 heteroatoms. The Balaban J connectivity index is 2.73. The third-order valence-corrected chi connectivity index (χ3v) is 3.24. The van der Waals surface area contributed by atoms with Crippen molar-refractivity contribution in [2.75, 3.05) is 5.73 Å². The molecular formula is C14H18N4O2. The van der Waals surface area contributed by atoms with Crippen molar-refractivity contribution < 1.29 is 4.92 Å². The van der Waals surface area contributed by atoms with Gasteiger partial charge in [-0.1, -0.05) is 26.0 Å². The Morgan fingerprint density at radius 1 is 1.35 bits per heavy atom. The first-order chi connectivity index (χ1) is 9.32. The molecule has 0 aliphatic carbocycles. The molecule has 20 heavy (non-hydrogen) atoms. The Bertz CT molecular complexity index is 674. The molecule has 1 heterocycles. The van der Waals surface area contributed by atoms with Crippen molar-refractivity contribution >= 4 is 11.5 Å². The standard InChI is InChI=1S/C14H18N4O2/c1-8(2)12-13(18(19)20)14(15)17(16-12)11-7-9(3)5-6-10(11)4/h5-8H,15H2,1-4H3. The second-order valence-electron chi connectivity index (χ2n) is 5.23. The van der Waals surface area contributed by atoms with Gasteiger partial charge < -0.3 is 5.73 Å². The molecule has 0 bridgehead atoms. The fraction of sp³-hybridized carbons (Fsp3) is 0.357. The van der Waals surface area contributed by atoms with Crippen LogP contribution >= 0.6 is 0 Å². The van der Waals surface area contributed by atoms with Crippen LogP contribution in [0.3, 0.4) is 0 Å². The fourth-order valence-corrected chi connectivity index (χ4v) is 2.15. The third kappa shape index (κ3) is 2.24. The summed E-state index contributed by atoms with van der Waals surface area (Å²) in [4.78, 5) is 10.8. The van der Waals surface area contributed by atoms with Gasteiger partial charge in [0.15, 0.2) is 0 Å². The molecule has 0 radical (unpaired) electrons. The van der Waals surface area contributed by atoms with Gasteiger partial charge in [-0.15, -0.1) is 0 Å². The lowest BCUT2D eigenvalue weighted by Crippen LogP contribution is -2.05. The van der Waals surface area contributed by atoms with Gasteiger partial charge in [0.25, 0.3) is 0 Å².